The van der Waals surface area contributed by atoms with E-state index in [2.05, 4.69) is 20.5 Å². The summed E-state index contributed by atoms with van der Waals surface area (Å²) in [6, 6.07) is 33.2. The first-order chi connectivity index (χ1) is 30.6. The van der Waals surface area contributed by atoms with E-state index in [1.54, 1.807) is 42.5 Å². The Hall–Kier alpha value is -6.38. The normalized spacial score (nSPS) is 17.8. The van der Waals surface area contributed by atoms with Gasteiger partial charge in [0.25, 0.3) is 0 Å². The second-order valence-corrected chi connectivity index (χ2v) is 16.4. The molecule has 6 N–H and O–H groups in total. The molecule has 13 nitrogen and oxygen atoms in total. The molecule has 3 saturated heterocycles. The molecule has 14 heteroatoms. The van der Waals surface area contributed by atoms with Crippen LogP contribution in [0.15, 0.2) is 120 Å². The summed E-state index contributed by atoms with van der Waals surface area (Å²) in [5.74, 6) is 0.290. The van der Waals surface area contributed by atoms with Crippen molar-refractivity contribution >= 4 is 34.6 Å². The third-order valence-electron chi connectivity index (χ3n) is 11.8. The Morgan fingerprint density at radius 1 is 0.873 bits per heavy atom. The van der Waals surface area contributed by atoms with E-state index in [-0.39, 0.29) is 48.3 Å². The lowest BCUT2D eigenvalue weighted by molar-refractivity contribution is -0.0336. The minimum Gasteiger partial charge on any atom is -0.506 e. The third-order valence-corrected chi connectivity index (χ3v) is 12.1. The van der Waals surface area contributed by atoms with E-state index in [0.717, 1.165) is 54.7 Å². The molecule has 1 amide bonds. The number of ether oxygens (including phenoxy) is 3. The molecule has 2 bridgehead atoms. The van der Waals surface area contributed by atoms with Crippen molar-refractivity contribution in [3.8, 4) is 17.2 Å². The Morgan fingerprint density at radius 3 is 2.43 bits per heavy atom. The number of hydrogen-bond acceptors (Lipinski definition) is 10. The number of carboxylic acid groups (broad SMARTS) is 1. The second-order valence-electron chi connectivity index (χ2n) is 16.0. The molecule has 5 aromatic carbocycles. The SMILES string of the molecule is O=C(N[C@@H](c1ccccc1)c1cccc(OCc2ccc(C(=O)O)c(CCOc3ccc(CNCC(O)c4ccc(O)c5[nH]c(=O)ccc45)cc3Cl)c2)c1)OC1CN2CCC1CC2. The van der Waals surface area contributed by atoms with Gasteiger partial charge in [-0.05, 0) is 108 Å². The molecule has 9 rings (SSSR count). The van der Waals surface area contributed by atoms with Crippen molar-refractivity contribution in [2.24, 2.45) is 5.92 Å². The van der Waals surface area contributed by atoms with E-state index >= 15 is 0 Å². The number of carbonyl (C=O) groups is 2. The topological polar surface area (TPSA) is 183 Å². The first kappa shape index (κ1) is 43.3. The van der Waals surface area contributed by atoms with Gasteiger partial charge in [-0.2, -0.15) is 0 Å². The highest BCUT2D eigenvalue weighted by Gasteiger charge is 2.37. The number of benzene rings is 5. The highest BCUT2D eigenvalue weighted by molar-refractivity contribution is 6.32. The minimum atomic E-state index is -1.05. The second kappa shape index (κ2) is 19.8. The van der Waals surface area contributed by atoms with Crippen LogP contribution in [-0.2, 0) is 24.3 Å². The lowest BCUT2D eigenvalue weighted by atomic mass is 9.86. The molecule has 63 heavy (non-hydrogen) atoms. The molecule has 4 heterocycles. The van der Waals surface area contributed by atoms with E-state index in [4.69, 9.17) is 25.8 Å². The number of H-pyrrole nitrogens is 1. The predicted octanol–water partition coefficient (Wildman–Crippen LogP) is 7.52. The van der Waals surface area contributed by atoms with Crippen molar-refractivity contribution in [1.29, 1.82) is 0 Å². The van der Waals surface area contributed by atoms with Crippen molar-refractivity contribution in [2.45, 2.75) is 50.7 Å². The van der Waals surface area contributed by atoms with Gasteiger partial charge in [-0.1, -0.05) is 78.3 Å². The number of aliphatic hydroxyl groups excluding tert-OH is 1. The summed E-state index contributed by atoms with van der Waals surface area (Å²) in [5, 5.41) is 38.3. The maximum Gasteiger partial charge on any atom is 0.408 e. The quantitative estimate of drug-likeness (QED) is 0.0533. The Kier molecular flexibility index (Phi) is 13.6. The average molecular weight is 873 g/mol. The lowest BCUT2D eigenvalue weighted by Gasteiger charge is -2.43. The summed E-state index contributed by atoms with van der Waals surface area (Å²) in [4.78, 5) is 42.2. The van der Waals surface area contributed by atoms with Gasteiger partial charge in [0, 0.05) is 37.5 Å². The van der Waals surface area contributed by atoms with Crippen LogP contribution >= 0.6 is 11.6 Å². The van der Waals surface area contributed by atoms with Crippen molar-refractivity contribution in [3.63, 3.8) is 0 Å². The lowest BCUT2D eigenvalue weighted by Crippen LogP contribution is -2.52. The van der Waals surface area contributed by atoms with E-state index in [1.165, 1.54) is 12.1 Å². The first-order valence-electron chi connectivity index (χ1n) is 21.0. The summed E-state index contributed by atoms with van der Waals surface area (Å²) in [5.41, 5.74) is 4.56. The van der Waals surface area contributed by atoms with E-state index in [0.29, 0.717) is 51.9 Å². The van der Waals surface area contributed by atoms with Gasteiger partial charge in [-0.25, -0.2) is 9.59 Å². The number of amides is 1. The van der Waals surface area contributed by atoms with Crippen molar-refractivity contribution < 1.29 is 39.1 Å². The fourth-order valence-electron chi connectivity index (χ4n) is 8.50. The van der Waals surface area contributed by atoms with Gasteiger partial charge in [-0.15, -0.1) is 0 Å². The van der Waals surface area contributed by atoms with Crippen LogP contribution in [0.4, 0.5) is 4.79 Å². The van der Waals surface area contributed by atoms with Gasteiger partial charge in [0.15, 0.2) is 0 Å². The van der Waals surface area contributed by atoms with Crippen molar-refractivity contribution in [2.75, 3.05) is 32.8 Å². The van der Waals surface area contributed by atoms with E-state index in [9.17, 15) is 29.7 Å². The fourth-order valence-corrected chi connectivity index (χ4v) is 8.75. The number of phenolic OH excluding ortho intramolecular Hbond substituents is 1. The van der Waals surface area contributed by atoms with Crippen molar-refractivity contribution in [3.05, 3.63) is 170 Å². The van der Waals surface area contributed by atoms with Crippen LogP contribution in [0.2, 0.25) is 5.02 Å². The molecule has 326 valence electrons. The molecule has 3 aliphatic heterocycles. The zero-order valence-corrected chi connectivity index (χ0v) is 35.2. The fraction of sp³-hybridized carbons (Fsp3) is 0.286. The van der Waals surface area contributed by atoms with Crippen molar-refractivity contribution in [1.82, 2.24) is 20.5 Å². The highest BCUT2D eigenvalue weighted by atomic mass is 35.5. The number of aliphatic hydroxyl groups is 1. The van der Waals surface area contributed by atoms with E-state index < -0.39 is 24.2 Å². The number of pyridine rings is 1. The van der Waals surface area contributed by atoms with Crippen LogP contribution in [0, 0.1) is 5.92 Å². The smallest absolute Gasteiger partial charge is 0.408 e. The van der Waals surface area contributed by atoms with E-state index in [1.807, 2.05) is 60.7 Å². The summed E-state index contributed by atoms with van der Waals surface area (Å²) < 4.78 is 18.2. The minimum absolute atomic E-state index is 0.0777. The number of aromatic amines is 1. The van der Waals surface area contributed by atoms with Crippen LogP contribution in [0.3, 0.4) is 0 Å². The number of nitrogens with zero attached hydrogens (tertiary/aromatic N) is 1. The number of fused-ring (bicyclic) bond motifs is 4. The largest absolute Gasteiger partial charge is 0.506 e. The number of nitrogens with one attached hydrogen (secondary N) is 3. The maximum atomic E-state index is 13.3. The number of carbonyl (C=O) groups excluding carboxylic acids is 1. The molecule has 3 aliphatic rings. The number of aromatic hydroxyl groups is 1. The average Bonchev–Trinajstić information content (AvgIpc) is 3.29. The molecule has 0 radical (unpaired) electrons. The molecular weight excluding hydrogens is 824 g/mol. The molecule has 0 spiro atoms. The van der Waals surface area contributed by atoms with Gasteiger partial charge in [0.1, 0.15) is 30.0 Å². The summed E-state index contributed by atoms with van der Waals surface area (Å²) >= 11 is 6.60. The zero-order valence-electron chi connectivity index (χ0n) is 34.5. The Labute approximate surface area is 369 Å². The Balaban J connectivity index is 0.859. The number of hydrogen-bond donors (Lipinski definition) is 6. The van der Waals surface area contributed by atoms with Gasteiger partial charge in [-0.3, -0.25) is 9.69 Å². The maximum absolute atomic E-state index is 13.3. The van der Waals surface area contributed by atoms with Crippen LogP contribution in [0.25, 0.3) is 10.9 Å². The van der Waals surface area contributed by atoms with Crippen LogP contribution in [0.5, 0.6) is 17.2 Å². The Bertz CT molecular complexity index is 2630. The van der Waals surface area contributed by atoms with Crippen LogP contribution < -0.4 is 25.7 Å². The number of piperidine rings is 3. The monoisotopic (exact) mass is 872 g/mol. The van der Waals surface area contributed by atoms with Gasteiger partial charge in [0.05, 0.1) is 34.9 Å². The first-order valence-corrected chi connectivity index (χ1v) is 21.4. The molecule has 6 aromatic rings. The van der Waals surface area contributed by atoms with Crippen LogP contribution in [-0.4, -0.2) is 76.2 Å². The number of aromatic nitrogens is 1. The summed E-state index contributed by atoms with van der Waals surface area (Å²) in [6.45, 7) is 3.81. The number of phenols is 1. The number of carboxylic acids is 1. The molecule has 3 atom stereocenters. The number of aromatic carboxylic acids is 1. The molecule has 0 saturated carbocycles. The number of halogens is 1. The molecule has 1 aromatic heterocycles. The molecule has 0 aliphatic carbocycles. The van der Waals surface area contributed by atoms with Gasteiger partial charge >= 0.3 is 12.1 Å². The predicted molar refractivity (Wildman–Crippen MR) is 239 cm³/mol. The standard InChI is InChI=1S/C49H49ClN4O9/c50-40-24-30(26-51-27-42(56)38-12-14-41(55)47-39(38)13-16-45(57)52-47)10-15-43(40)61-22-19-34-23-31(9-11-37(34)48(58)59)29-62-36-8-4-7-35(25-36)46(33-5-2-1-3-6-33)53-49(60)63-44-28-54-20-17-32(44)18-21-54/h1-16,23-25,32,42,44,46,51,55-56H,17-22,26-29H2,(H,52,57)(H,53,60)(H,58,59)/t42?,44?,46-/m0/s1. The van der Waals surface area contributed by atoms with Crippen LogP contribution in [0.1, 0.15) is 68.7 Å². The molecule has 2 unspecified atom stereocenters. The highest BCUT2D eigenvalue weighted by Crippen LogP contribution is 2.32. The number of rotatable bonds is 17. The molecular formula is C49H49ClN4O9. The zero-order chi connectivity index (χ0) is 43.9. The third kappa shape index (κ3) is 10.6. The molecule has 3 fully saturated rings. The van der Waals surface area contributed by atoms with Gasteiger partial charge in [0.2, 0.25) is 5.56 Å². The Morgan fingerprint density at radius 2 is 1.67 bits per heavy atom. The summed E-state index contributed by atoms with van der Waals surface area (Å²) in [6.07, 6.45) is 0.899. The number of alkyl carbamates (subject to hydrolysis) is 1. The van der Waals surface area contributed by atoms with Gasteiger partial charge < -0.3 is 45.1 Å². The summed E-state index contributed by atoms with van der Waals surface area (Å²) in [7, 11) is 0.